The van der Waals surface area contributed by atoms with Crippen LogP contribution in [0.5, 0.6) is 0 Å². The summed E-state index contributed by atoms with van der Waals surface area (Å²) in [4.78, 5) is 2.42. The van der Waals surface area contributed by atoms with Gasteiger partial charge in [-0.1, -0.05) is 55.0 Å². The van der Waals surface area contributed by atoms with Crippen molar-refractivity contribution < 1.29 is 0 Å². The Bertz CT molecular complexity index is 579. The minimum absolute atomic E-state index is 0.0963. The molecule has 2 heteroatoms. The van der Waals surface area contributed by atoms with E-state index < -0.39 is 0 Å². The van der Waals surface area contributed by atoms with Crippen LogP contribution in [0, 0.1) is 0 Å². The lowest BCUT2D eigenvalue weighted by Crippen LogP contribution is -2.43. The van der Waals surface area contributed by atoms with E-state index in [-0.39, 0.29) is 6.04 Å². The van der Waals surface area contributed by atoms with Crippen molar-refractivity contribution in [1.82, 2.24) is 4.90 Å². The molecule has 21 heavy (non-hydrogen) atoms. The number of hydrogen-bond donors (Lipinski definition) is 1. The maximum absolute atomic E-state index is 6.57. The minimum atomic E-state index is 0.0963. The molecule has 2 aromatic carbocycles. The molecule has 3 rings (SSSR count). The van der Waals surface area contributed by atoms with Gasteiger partial charge >= 0.3 is 0 Å². The Labute approximate surface area is 127 Å². The Morgan fingerprint density at radius 1 is 1.00 bits per heavy atom. The second-order valence-electron chi connectivity index (χ2n) is 6.06. The van der Waals surface area contributed by atoms with Gasteiger partial charge in [0.15, 0.2) is 0 Å². The fourth-order valence-corrected chi connectivity index (χ4v) is 3.33. The molecule has 2 atom stereocenters. The molecule has 1 heterocycles. The third kappa shape index (κ3) is 3.17. The van der Waals surface area contributed by atoms with E-state index in [1.54, 1.807) is 0 Å². The number of hydrogen-bond acceptors (Lipinski definition) is 2. The van der Waals surface area contributed by atoms with Crippen LogP contribution in [0.1, 0.15) is 30.9 Å². The first-order chi connectivity index (χ1) is 10.3. The molecule has 1 aliphatic heterocycles. The van der Waals surface area contributed by atoms with Gasteiger partial charge in [-0.3, -0.25) is 0 Å². The minimum Gasteiger partial charge on any atom is -0.323 e. The van der Waals surface area contributed by atoms with Crippen LogP contribution in [0.25, 0.3) is 11.1 Å². The van der Waals surface area contributed by atoms with E-state index in [1.165, 1.54) is 36.0 Å². The molecule has 2 N–H and O–H groups in total. The molecular formula is C19H24N2. The summed E-state index contributed by atoms with van der Waals surface area (Å²) in [6.07, 6.45) is 3.79. The average Bonchev–Trinajstić information content (AvgIpc) is 2.56. The molecule has 110 valence electrons. The van der Waals surface area contributed by atoms with Crippen molar-refractivity contribution >= 4 is 0 Å². The van der Waals surface area contributed by atoms with Gasteiger partial charge in [0.2, 0.25) is 0 Å². The summed E-state index contributed by atoms with van der Waals surface area (Å²) in [6.45, 7) is 1.16. The van der Waals surface area contributed by atoms with E-state index in [0.717, 1.165) is 6.54 Å². The molecule has 2 aromatic rings. The maximum Gasteiger partial charge on any atom is 0.0453 e. The molecule has 0 radical (unpaired) electrons. The summed E-state index contributed by atoms with van der Waals surface area (Å²) in [5, 5.41) is 0. The van der Waals surface area contributed by atoms with Crippen molar-refractivity contribution in [1.29, 1.82) is 0 Å². The standard InChI is InChI=1S/C19H24N2/c1-21-13-6-5-12-18(21)19(20)17-11-7-10-16(14-17)15-8-3-2-4-9-15/h2-4,7-11,14,18-19H,5-6,12-13,20H2,1H3/t18-,19-/m0/s1. The zero-order valence-corrected chi connectivity index (χ0v) is 12.7. The van der Waals surface area contributed by atoms with Crippen LogP contribution in [0.15, 0.2) is 54.6 Å². The van der Waals surface area contributed by atoms with Gasteiger partial charge in [-0.05, 0) is 49.2 Å². The SMILES string of the molecule is CN1CCCC[C@H]1[C@@H](N)c1cccc(-c2ccccc2)c1. The first-order valence-corrected chi connectivity index (χ1v) is 7.87. The zero-order valence-electron chi connectivity index (χ0n) is 12.7. The molecule has 0 amide bonds. The molecule has 0 aromatic heterocycles. The number of benzene rings is 2. The fraction of sp³-hybridized carbons (Fsp3) is 0.368. The summed E-state index contributed by atoms with van der Waals surface area (Å²) in [5.74, 6) is 0. The molecular weight excluding hydrogens is 256 g/mol. The summed E-state index contributed by atoms with van der Waals surface area (Å²) in [7, 11) is 2.20. The number of rotatable bonds is 3. The van der Waals surface area contributed by atoms with Crippen LogP contribution < -0.4 is 5.73 Å². The van der Waals surface area contributed by atoms with E-state index in [1.807, 2.05) is 0 Å². The molecule has 0 unspecified atom stereocenters. The lowest BCUT2D eigenvalue weighted by molar-refractivity contribution is 0.160. The van der Waals surface area contributed by atoms with E-state index in [2.05, 4.69) is 66.5 Å². The second kappa shape index (κ2) is 6.42. The maximum atomic E-state index is 6.57. The van der Waals surface area contributed by atoms with Gasteiger partial charge in [0.25, 0.3) is 0 Å². The summed E-state index contributed by atoms with van der Waals surface area (Å²) in [6, 6.07) is 19.8. The van der Waals surface area contributed by atoms with Crippen LogP contribution in [0.2, 0.25) is 0 Å². The molecule has 1 fully saturated rings. The van der Waals surface area contributed by atoms with Crippen molar-refractivity contribution in [3.8, 4) is 11.1 Å². The summed E-state index contributed by atoms with van der Waals surface area (Å²) < 4.78 is 0. The highest BCUT2D eigenvalue weighted by Gasteiger charge is 2.26. The number of likely N-dealkylation sites (N-methyl/N-ethyl adjacent to an activating group) is 1. The number of piperidine rings is 1. The van der Waals surface area contributed by atoms with Crippen LogP contribution in [0.4, 0.5) is 0 Å². The Kier molecular flexibility index (Phi) is 4.37. The van der Waals surface area contributed by atoms with E-state index in [9.17, 15) is 0 Å². The largest absolute Gasteiger partial charge is 0.323 e. The molecule has 1 aliphatic rings. The highest BCUT2D eigenvalue weighted by Crippen LogP contribution is 2.28. The Hall–Kier alpha value is -1.64. The van der Waals surface area contributed by atoms with Crippen LogP contribution in [0.3, 0.4) is 0 Å². The Morgan fingerprint density at radius 3 is 2.52 bits per heavy atom. The molecule has 1 saturated heterocycles. The van der Waals surface area contributed by atoms with Crippen molar-refractivity contribution in [3.05, 3.63) is 60.2 Å². The molecule has 0 spiro atoms. The third-order valence-electron chi connectivity index (χ3n) is 4.62. The van der Waals surface area contributed by atoms with Crippen LogP contribution >= 0.6 is 0 Å². The second-order valence-corrected chi connectivity index (χ2v) is 6.06. The first kappa shape index (κ1) is 14.3. The first-order valence-electron chi connectivity index (χ1n) is 7.87. The molecule has 0 aliphatic carbocycles. The third-order valence-corrected chi connectivity index (χ3v) is 4.62. The highest BCUT2D eigenvalue weighted by atomic mass is 15.1. The van der Waals surface area contributed by atoms with Crippen LogP contribution in [-0.2, 0) is 0 Å². The normalized spacial score (nSPS) is 21.1. The predicted molar refractivity (Wildman–Crippen MR) is 89.1 cm³/mol. The Balaban J connectivity index is 1.85. The van der Waals surface area contributed by atoms with Gasteiger partial charge in [-0.2, -0.15) is 0 Å². The molecule has 2 nitrogen and oxygen atoms in total. The quantitative estimate of drug-likeness (QED) is 0.925. The van der Waals surface area contributed by atoms with E-state index in [0.29, 0.717) is 6.04 Å². The van der Waals surface area contributed by atoms with E-state index >= 15 is 0 Å². The van der Waals surface area contributed by atoms with Crippen molar-refractivity contribution in [3.63, 3.8) is 0 Å². The van der Waals surface area contributed by atoms with Crippen molar-refractivity contribution in [2.24, 2.45) is 5.73 Å². The van der Waals surface area contributed by atoms with Crippen molar-refractivity contribution in [2.75, 3.05) is 13.6 Å². The summed E-state index contributed by atoms with van der Waals surface area (Å²) >= 11 is 0. The fourth-order valence-electron chi connectivity index (χ4n) is 3.33. The predicted octanol–water partition coefficient (Wildman–Crippen LogP) is 3.84. The van der Waals surface area contributed by atoms with Crippen molar-refractivity contribution in [2.45, 2.75) is 31.3 Å². The van der Waals surface area contributed by atoms with E-state index in [4.69, 9.17) is 5.73 Å². The molecule has 0 saturated carbocycles. The van der Waals surface area contributed by atoms with Gasteiger partial charge in [0, 0.05) is 12.1 Å². The lowest BCUT2D eigenvalue weighted by Gasteiger charge is -2.36. The number of likely N-dealkylation sites (tertiary alicyclic amines) is 1. The number of nitrogens with two attached hydrogens (primary N) is 1. The Morgan fingerprint density at radius 2 is 1.76 bits per heavy atom. The lowest BCUT2D eigenvalue weighted by atomic mass is 9.90. The molecule has 0 bridgehead atoms. The number of nitrogens with zero attached hydrogens (tertiary/aromatic N) is 1. The van der Waals surface area contributed by atoms with Gasteiger partial charge in [-0.15, -0.1) is 0 Å². The zero-order chi connectivity index (χ0) is 14.7. The monoisotopic (exact) mass is 280 g/mol. The topological polar surface area (TPSA) is 29.3 Å². The average molecular weight is 280 g/mol. The summed E-state index contributed by atoms with van der Waals surface area (Å²) in [5.41, 5.74) is 10.3. The van der Waals surface area contributed by atoms with Gasteiger partial charge in [0.05, 0.1) is 0 Å². The van der Waals surface area contributed by atoms with Gasteiger partial charge in [-0.25, -0.2) is 0 Å². The van der Waals surface area contributed by atoms with Gasteiger partial charge in [0.1, 0.15) is 0 Å². The van der Waals surface area contributed by atoms with Gasteiger partial charge < -0.3 is 10.6 Å². The highest BCUT2D eigenvalue weighted by molar-refractivity contribution is 5.64. The van der Waals surface area contributed by atoms with Crippen LogP contribution in [-0.4, -0.2) is 24.5 Å². The smallest absolute Gasteiger partial charge is 0.0453 e.